The Morgan fingerprint density at radius 1 is 1.06 bits per heavy atom. The highest BCUT2D eigenvalue weighted by Crippen LogP contribution is 2.32. The molecule has 9 nitrogen and oxygen atoms in total. The van der Waals surface area contributed by atoms with Gasteiger partial charge in [0.25, 0.3) is 0 Å². The number of aromatic nitrogens is 3. The van der Waals surface area contributed by atoms with Crippen molar-refractivity contribution < 1.29 is 19.1 Å². The fourth-order valence-electron chi connectivity index (χ4n) is 2.91. The lowest BCUT2D eigenvalue weighted by Gasteiger charge is -2.11. The van der Waals surface area contributed by atoms with Crippen molar-refractivity contribution in [1.82, 2.24) is 14.8 Å². The summed E-state index contributed by atoms with van der Waals surface area (Å²) in [6.07, 6.45) is 0. The van der Waals surface area contributed by atoms with Crippen LogP contribution in [0.2, 0.25) is 0 Å². The second-order valence-corrected chi connectivity index (χ2v) is 7.34. The molecule has 0 saturated heterocycles. The maximum absolute atomic E-state index is 12.3. The molecular weight excluding hydrogens is 418 g/mol. The van der Waals surface area contributed by atoms with Crippen molar-refractivity contribution in [1.29, 1.82) is 0 Å². The Balaban J connectivity index is 1.69. The Labute approximate surface area is 183 Å². The van der Waals surface area contributed by atoms with Gasteiger partial charge in [0.15, 0.2) is 22.5 Å². The second kappa shape index (κ2) is 9.98. The molecule has 0 aliphatic carbocycles. The van der Waals surface area contributed by atoms with E-state index < -0.39 is 5.91 Å². The van der Waals surface area contributed by atoms with Crippen LogP contribution in [0, 0.1) is 0 Å². The third-order valence-corrected chi connectivity index (χ3v) is 5.43. The van der Waals surface area contributed by atoms with Gasteiger partial charge < -0.3 is 25.1 Å². The van der Waals surface area contributed by atoms with Gasteiger partial charge in [0.05, 0.1) is 20.0 Å². The number of primary amides is 1. The number of amides is 2. The monoisotopic (exact) mass is 441 g/mol. The van der Waals surface area contributed by atoms with Gasteiger partial charge in [-0.15, -0.1) is 10.2 Å². The number of hydrogen-bond acceptors (Lipinski definition) is 7. The highest BCUT2D eigenvalue weighted by atomic mass is 32.2. The molecule has 3 aromatic rings. The van der Waals surface area contributed by atoms with Crippen molar-refractivity contribution in [3.63, 3.8) is 0 Å². The summed E-state index contributed by atoms with van der Waals surface area (Å²) < 4.78 is 12.6. The van der Waals surface area contributed by atoms with Gasteiger partial charge in [0.1, 0.15) is 0 Å². The van der Waals surface area contributed by atoms with E-state index >= 15 is 0 Å². The van der Waals surface area contributed by atoms with E-state index in [1.807, 2.05) is 29.7 Å². The average Bonchev–Trinajstić information content (AvgIpc) is 3.20. The summed E-state index contributed by atoms with van der Waals surface area (Å²) in [5.41, 5.74) is 7.02. The summed E-state index contributed by atoms with van der Waals surface area (Å²) in [4.78, 5) is 23.5. The summed E-state index contributed by atoms with van der Waals surface area (Å²) in [6.45, 7) is 2.62. The van der Waals surface area contributed by atoms with E-state index in [-0.39, 0.29) is 11.7 Å². The topological polar surface area (TPSA) is 121 Å². The highest BCUT2D eigenvalue weighted by Gasteiger charge is 2.16. The molecule has 162 valence electrons. The number of carbonyl (C=O) groups excluding carboxylic acids is 2. The van der Waals surface area contributed by atoms with E-state index in [2.05, 4.69) is 15.5 Å². The number of thioether (sulfide) groups is 1. The number of ether oxygens (including phenoxy) is 2. The van der Waals surface area contributed by atoms with E-state index in [9.17, 15) is 9.59 Å². The predicted octanol–water partition coefficient (Wildman–Crippen LogP) is 2.81. The number of anilines is 1. The molecular formula is C21H23N5O4S. The molecule has 0 spiro atoms. The number of benzene rings is 2. The Morgan fingerprint density at radius 3 is 2.39 bits per heavy atom. The number of rotatable bonds is 9. The van der Waals surface area contributed by atoms with Crippen LogP contribution in [0.3, 0.4) is 0 Å². The highest BCUT2D eigenvalue weighted by molar-refractivity contribution is 7.99. The molecule has 1 heterocycles. The smallest absolute Gasteiger partial charge is 0.248 e. The van der Waals surface area contributed by atoms with E-state index in [1.54, 1.807) is 38.5 Å². The quantitative estimate of drug-likeness (QED) is 0.490. The van der Waals surface area contributed by atoms with Crippen LogP contribution >= 0.6 is 11.8 Å². The Morgan fingerprint density at radius 2 is 1.77 bits per heavy atom. The molecule has 2 amide bonds. The van der Waals surface area contributed by atoms with E-state index in [0.717, 1.165) is 5.56 Å². The van der Waals surface area contributed by atoms with Crippen molar-refractivity contribution in [2.75, 3.05) is 25.3 Å². The minimum absolute atomic E-state index is 0.154. The zero-order chi connectivity index (χ0) is 22.4. The molecule has 0 saturated carbocycles. The van der Waals surface area contributed by atoms with Crippen LogP contribution in [0.25, 0.3) is 11.4 Å². The summed E-state index contributed by atoms with van der Waals surface area (Å²) in [7, 11) is 3.16. The fraction of sp³-hybridized carbons (Fsp3) is 0.238. The minimum Gasteiger partial charge on any atom is -0.493 e. The zero-order valence-corrected chi connectivity index (χ0v) is 18.2. The molecule has 3 rings (SSSR count). The van der Waals surface area contributed by atoms with Gasteiger partial charge in [-0.1, -0.05) is 11.8 Å². The SMILES string of the molecule is CCn1c(SCC(=O)Nc2ccc(C(N)=O)cc2)nnc1-c1ccc(OC)c(OC)c1. The number of methoxy groups -OCH3 is 2. The Kier molecular flexibility index (Phi) is 7.14. The third-order valence-electron chi connectivity index (χ3n) is 4.46. The lowest BCUT2D eigenvalue weighted by Crippen LogP contribution is -2.15. The molecule has 0 fully saturated rings. The molecule has 2 aromatic carbocycles. The van der Waals surface area contributed by atoms with Gasteiger partial charge in [-0.25, -0.2) is 0 Å². The van der Waals surface area contributed by atoms with Crippen LogP contribution < -0.4 is 20.5 Å². The van der Waals surface area contributed by atoms with Crippen molar-refractivity contribution in [3.8, 4) is 22.9 Å². The van der Waals surface area contributed by atoms with Gasteiger partial charge in [-0.3, -0.25) is 9.59 Å². The fourth-order valence-corrected chi connectivity index (χ4v) is 3.72. The van der Waals surface area contributed by atoms with E-state index in [0.29, 0.717) is 40.3 Å². The summed E-state index contributed by atoms with van der Waals surface area (Å²) >= 11 is 1.29. The molecule has 3 N–H and O–H groups in total. The average molecular weight is 442 g/mol. The molecule has 1 aromatic heterocycles. The molecule has 10 heteroatoms. The van der Waals surface area contributed by atoms with E-state index in [1.165, 1.54) is 11.8 Å². The predicted molar refractivity (Wildman–Crippen MR) is 119 cm³/mol. The van der Waals surface area contributed by atoms with Crippen LogP contribution in [0.15, 0.2) is 47.6 Å². The van der Waals surface area contributed by atoms with Crippen LogP contribution in [0.1, 0.15) is 17.3 Å². The van der Waals surface area contributed by atoms with Crippen molar-refractivity contribution in [2.45, 2.75) is 18.6 Å². The number of carbonyl (C=O) groups is 2. The number of nitrogens with two attached hydrogens (primary N) is 1. The molecule has 0 aliphatic rings. The first kappa shape index (κ1) is 22.2. The zero-order valence-electron chi connectivity index (χ0n) is 17.4. The molecule has 0 atom stereocenters. The first-order valence-electron chi connectivity index (χ1n) is 9.45. The Bertz CT molecular complexity index is 1080. The number of hydrogen-bond donors (Lipinski definition) is 2. The van der Waals surface area contributed by atoms with Crippen molar-refractivity contribution in [3.05, 3.63) is 48.0 Å². The second-order valence-electron chi connectivity index (χ2n) is 6.40. The van der Waals surface area contributed by atoms with Crippen molar-refractivity contribution >= 4 is 29.3 Å². The van der Waals surface area contributed by atoms with Gasteiger partial charge in [0.2, 0.25) is 11.8 Å². The number of nitrogens with zero attached hydrogens (tertiary/aromatic N) is 3. The lowest BCUT2D eigenvalue weighted by molar-refractivity contribution is -0.113. The lowest BCUT2D eigenvalue weighted by atomic mass is 10.2. The summed E-state index contributed by atoms with van der Waals surface area (Å²) in [6, 6.07) is 11.9. The summed E-state index contributed by atoms with van der Waals surface area (Å²) in [5, 5.41) is 12.0. The molecule has 0 radical (unpaired) electrons. The normalized spacial score (nSPS) is 10.5. The van der Waals surface area contributed by atoms with Gasteiger partial charge in [-0.05, 0) is 49.4 Å². The molecule has 0 aliphatic heterocycles. The molecule has 31 heavy (non-hydrogen) atoms. The van der Waals surface area contributed by atoms with Crippen molar-refractivity contribution in [2.24, 2.45) is 5.73 Å². The largest absolute Gasteiger partial charge is 0.493 e. The minimum atomic E-state index is -0.516. The molecule has 0 bridgehead atoms. The van der Waals surface area contributed by atoms with Crippen LogP contribution in [-0.2, 0) is 11.3 Å². The van der Waals surface area contributed by atoms with Gasteiger partial charge in [-0.2, -0.15) is 0 Å². The standard InChI is InChI=1S/C21H23N5O4S/c1-4-26-20(14-7-10-16(29-2)17(11-14)30-3)24-25-21(26)31-12-18(27)23-15-8-5-13(6-9-15)19(22)28/h5-11H,4,12H2,1-3H3,(H2,22,28)(H,23,27). The third kappa shape index (κ3) is 5.15. The van der Waals surface area contributed by atoms with Gasteiger partial charge in [0, 0.05) is 23.4 Å². The first-order valence-corrected chi connectivity index (χ1v) is 10.4. The van der Waals surface area contributed by atoms with Crippen LogP contribution in [0.5, 0.6) is 11.5 Å². The van der Waals surface area contributed by atoms with Gasteiger partial charge >= 0.3 is 0 Å². The molecule has 0 unspecified atom stereocenters. The van der Waals surface area contributed by atoms with Crippen LogP contribution in [0.4, 0.5) is 5.69 Å². The summed E-state index contributed by atoms with van der Waals surface area (Å²) in [5.74, 6) is 1.34. The maximum Gasteiger partial charge on any atom is 0.248 e. The number of nitrogens with one attached hydrogen (secondary N) is 1. The Hall–Kier alpha value is -3.53. The van der Waals surface area contributed by atoms with Crippen LogP contribution in [-0.4, -0.2) is 46.6 Å². The maximum atomic E-state index is 12.3. The van der Waals surface area contributed by atoms with E-state index in [4.69, 9.17) is 15.2 Å². The first-order chi connectivity index (χ1) is 15.0.